The molecule has 0 spiro atoms. The first-order valence-electron chi connectivity index (χ1n) is 11.6. The Morgan fingerprint density at radius 2 is 1.95 bits per heavy atom. The standard InChI is InChI=1S/C26H25BrN4O5S/c1-26-15-22(21-14-18(27)7-10-23(21)36-26)30-25(33)31(26)19-4-2-3-17(13-19)24(32)29-12-11-16-5-8-20(9-6-16)37(28,34)35/h2-10,13-14,22H,11-12,15H2,1H3,(H,29,32)(H,30,33)(H2,28,34,35)/t22-,26-/m1/s1. The number of hydrogen-bond acceptors (Lipinski definition) is 5. The summed E-state index contributed by atoms with van der Waals surface area (Å²) in [7, 11) is -3.75. The first-order valence-corrected chi connectivity index (χ1v) is 14.0. The highest BCUT2D eigenvalue weighted by Gasteiger charge is 2.49. The first-order chi connectivity index (χ1) is 17.5. The summed E-state index contributed by atoms with van der Waals surface area (Å²) in [6, 6.07) is 18.3. The molecule has 2 bridgehead atoms. The molecule has 0 radical (unpaired) electrons. The van der Waals surface area contributed by atoms with Crippen LogP contribution in [0.2, 0.25) is 0 Å². The average Bonchev–Trinajstić information content (AvgIpc) is 2.84. The van der Waals surface area contributed by atoms with Gasteiger partial charge in [-0.25, -0.2) is 18.4 Å². The van der Waals surface area contributed by atoms with Gasteiger partial charge in [-0.1, -0.05) is 34.1 Å². The van der Waals surface area contributed by atoms with Crippen molar-refractivity contribution in [3.63, 3.8) is 0 Å². The van der Waals surface area contributed by atoms with Crippen molar-refractivity contribution in [1.82, 2.24) is 10.6 Å². The number of carbonyl (C=O) groups excluding carboxylic acids is 2. The topological polar surface area (TPSA) is 131 Å². The number of nitrogens with zero attached hydrogens (tertiary/aromatic N) is 1. The van der Waals surface area contributed by atoms with Crippen LogP contribution in [0.3, 0.4) is 0 Å². The number of halogens is 1. The second-order valence-electron chi connectivity index (χ2n) is 9.25. The first kappa shape index (κ1) is 25.2. The molecule has 192 valence electrons. The number of ether oxygens (including phenoxy) is 1. The van der Waals surface area contributed by atoms with Crippen molar-refractivity contribution in [3.05, 3.63) is 87.9 Å². The summed E-state index contributed by atoms with van der Waals surface area (Å²) in [6.45, 7) is 2.22. The molecule has 2 heterocycles. The van der Waals surface area contributed by atoms with Gasteiger partial charge in [0.05, 0.1) is 16.6 Å². The summed E-state index contributed by atoms with van der Waals surface area (Å²) in [5, 5.41) is 11.1. The number of anilines is 1. The van der Waals surface area contributed by atoms with Gasteiger partial charge in [0.2, 0.25) is 10.0 Å². The molecule has 3 aromatic carbocycles. The molecule has 2 aliphatic rings. The lowest BCUT2D eigenvalue weighted by Gasteiger charge is -2.50. The molecule has 2 atom stereocenters. The van der Waals surface area contributed by atoms with Gasteiger partial charge in [0.15, 0.2) is 5.72 Å². The number of benzene rings is 3. The Morgan fingerprint density at radius 1 is 1.19 bits per heavy atom. The normalized spacial score (nSPS) is 20.5. The summed E-state index contributed by atoms with van der Waals surface area (Å²) in [5.41, 5.74) is 1.81. The Bertz CT molecular complexity index is 1500. The fourth-order valence-electron chi connectivity index (χ4n) is 4.79. The Morgan fingerprint density at radius 3 is 2.68 bits per heavy atom. The van der Waals surface area contributed by atoms with Gasteiger partial charge in [-0.15, -0.1) is 0 Å². The van der Waals surface area contributed by atoms with Crippen molar-refractivity contribution in [1.29, 1.82) is 0 Å². The minimum Gasteiger partial charge on any atom is -0.467 e. The van der Waals surface area contributed by atoms with Crippen molar-refractivity contribution in [3.8, 4) is 5.75 Å². The van der Waals surface area contributed by atoms with Gasteiger partial charge in [-0.05, 0) is 67.4 Å². The fourth-order valence-corrected chi connectivity index (χ4v) is 5.68. The second kappa shape index (κ2) is 9.47. The van der Waals surface area contributed by atoms with Crippen LogP contribution in [0, 0.1) is 0 Å². The zero-order chi connectivity index (χ0) is 26.4. The third-order valence-corrected chi connectivity index (χ3v) is 7.97. The molecule has 3 aromatic rings. The molecule has 1 saturated heterocycles. The van der Waals surface area contributed by atoms with E-state index in [1.54, 1.807) is 41.3 Å². The molecule has 0 aliphatic carbocycles. The van der Waals surface area contributed by atoms with Crippen LogP contribution in [0.15, 0.2) is 76.1 Å². The summed E-state index contributed by atoms with van der Waals surface area (Å²) in [6.07, 6.45) is 1.05. The molecular weight excluding hydrogens is 560 g/mol. The molecule has 37 heavy (non-hydrogen) atoms. The van der Waals surface area contributed by atoms with Gasteiger partial charge in [-0.2, -0.15) is 0 Å². The maximum atomic E-state index is 13.2. The van der Waals surface area contributed by atoms with Gasteiger partial charge >= 0.3 is 6.03 Å². The van der Waals surface area contributed by atoms with E-state index in [2.05, 4.69) is 26.6 Å². The summed E-state index contributed by atoms with van der Waals surface area (Å²) >= 11 is 3.48. The van der Waals surface area contributed by atoms with Crippen molar-refractivity contribution >= 4 is 43.6 Å². The summed E-state index contributed by atoms with van der Waals surface area (Å²) < 4.78 is 30.0. The summed E-state index contributed by atoms with van der Waals surface area (Å²) in [4.78, 5) is 27.6. The zero-order valence-corrected chi connectivity index (χ0v) is 22.3. The van der Waals surface area contributed by atoms with Crippen molar-refractivity contribution in [2.24, 2.45) is 5.14 Å². The molecule has 1 fully saturated rings. The quantitative estimate of drug-likeness (QED) is 0.405. The van der Waals surface area contributed by atoms with E-state index in [4.69, 9.17) is 9.88 Å². The SMILES string of the molecule is C[C@@]12C[C@@H](NC(=O)N1c1cccc(C(=O)NCCc3ccc(S(N)(=O)=O)cc3)c1)c1cc(Br)ccc1O2. The van der Waals surface area contributed by atoms with Crippen LogP contribution in [-0.2, 0) is 16.4 Å². The fraction of sp³-hybridized carbons (Fsp3) is 0.231. The minimum atomic E-state index is -3.75. The number of amides is 3. The molecule has 5 rings (SSSR count). The van der Waals surface area contributed by atoms with E-state index < -0.39 is 15.7 Å². The van der Waals surface area contributed by atoms with Crippen LogP contribution in [0.25, 0.3) is 0 Å². The third kappa shape index (κ3) is 5.07. The molecule has 11 heteroatoms. The Hall–Kier alpha value is -3.41. The molecule has 3 amide bonds. The second-order valence-corrected chi connectivity index (χ2v) is 11.7. The number of rotatable bonds is 6. The lowest BCUT2D eigenvalue weighted by atomic mass is 9.90. The van der Waals surface area contributed by atoms with E-state index >= 15 is 0 Å². The number of sulfonamides is 1. The van der Waals surface area contributed by atoms with E-state index in [1.165, 1.54) is 12.1 Å². The molecule has 4 N–H and O–H groups in total. The van der Waals surface area contributed by atoms with E-state index in [0.717, 1.165) is 15.6 Å². The lowest BCUT2D eigenvalue weighted by Crippen LogP contribution is -2.65. The van der Waals surface area contributed by atoms with E-state index in [1.807, 2.05) is 25.1 Å². The molecule has 0 aromatic heterocycles. The number of fused-ring (bicyclic) bond motifs is 4. The number of carbonyl (C=O) groups is 2. The van der Waals surface area contributed by atoms with Gasteiger partial charge in [0.1, 0.15) is 5.75 Å². The lowest BCUT2D eigenvalue weighted by molar-refractivity contribution is 0.0378. The van der Waals surface area contributed by atoms with Gasteiger partial charge in [-0.3, -0.25) is 9.69 Å². The molecule has 0 unspecified atom stereocenters. The molecule has 9 nitrogen and oxygen atoms in total. The summed E-state index contributed by atoms with van der Waals surface area (Å²) in [5.74, 6) is 0.418. The largest absolute Gasteiger partial charge is 0.467 e. The smallest absolute Gasteiger partial charge is 0.325 e. The Balaban J connectivity index is 1.29. The van der Waals surface area contributed by atoms with Gasteiger partial charge in [0.25, 0.3) is 5.91 Å². The minimum absolute atomic E-state index is 0.0390. The van der Waals surface area contributed by atoms with Crippen LogP contribution in [0.1, 0.15) is 40.9 Å². The van der Waals surface area contributed by atoms with Crippen molar-refractivity contribution in [2.75, 3.05) is 11.4 Å². The average molecular weight is 585 g/mol. The number of primary sulfonamides is 1. The molecular formula is C26H25BrN4O5S. The predicted molar refractivity (Wildman–Crippen MR) is 142 cm³/mol. The maximum absolute atomic E-state index is 13.2. The maximum Gasteiger partial charge on any atom is 0.325 e. The van der Waals surface area contributed by atoms with Crippen LogP contribution in [0.5, 0.6) is 5.75 Å². The highest BCUT2D eigenvalue weighted by Crippen LogP contribution is 2.46. The Kier molecular flexibility index (Phi) is 6.47. The van der Waals surface area contributed by atoms with Crippen molar-refractivity contribution < 1.29 is 22.7 Å². The van der Waals surface area contributed by atoms with E-state index in [0.29, 0.717) is 36.4 Å². The highest BCUT2D eigenvalue weighted by molar-refractivity contribution is 9.10. The van der Waals surface area contributed by atoms with Crippen LogP contribution in [-0.4, -0.2) is 32.6 Å². The number of nitrogens with one attached hydrogen (secondary N) is 2. The number of urea groups is 1. The van der Waals surface area contributed by atoms with E-state index in [-0.39, 0.29) is 22.9 Å². The zero-order valence-electron chi connectivity index (χ0n) is 19.9. The monoisotopic (exact) mass is 584 g/mol. The highest BCUT2D eigenvalue weighted by atomic mass is 79.9. The Labute approximate surface area is 223 Å². The number of hydrogen-bond donors (Lipinski definition) is 3. The van der Waals surface area contributed by atoms with Crippen molar-refractivity contribution in [2.45, 2.75) is 36.4 Å². The van der Waals surface area contributed by atoms with Gasteiger partial charge < -0.3 is 15.4 Å². The van der Waals surface area contributed by atoms with Gasteiger partial charge in [0, 0.05) is 28.6 Å². The van der Waals surface area contributed by atoms with Crippen LogP contribution >= 0.6 is 15.9 Å². The molecule has 0 saturated carbocycles. The molecule has 2 aliphatic heterocycles. The van der Waals surface area contributed by atoms with E-state index in [9.17, 15) is 18.0 Å². The number of nitrogens with two attached hydrogens (primary N) is 1. The predicted octanol–water partition coefficient (Wildman–Crippen LogP) is 3.84. The third-order valence-electron chi connectivity index (χ3n) is 6.55. The van der Waals surface area contributed by atoms with Crippen LogP contribution < -0.4 is 25.4 Å². The van der Waals surface area contributed by atoms with Crippen LogP contribution in [0.4, 0.5) is 10.5 Å².